The van der Waals surface area contributed by atoms with E-state index in [4.69, 9.17) is 0 Å². The maximum atomic E-state index is 12.6. The van der Waals surface area contributed by atoms with E-state index in [-0.39, 0.29) is 11.8 Å². The molecular weight excluding hydrogens is 352 g/mol. The molecule has 2 rings (SSSR count). The predicted octanol–water partition coefficient (Wildman–Crippen LogP) is 1.56. The summed E-state index contributed by atoms with van der Waals surface area (Å²) in [5.74, 6) is 0.325. The van der Waals surface area contributed by atoms with Crippen LogP contribution < -0.4 is 9.91 Å². The van der Waals surface area contributed by atoms with Crippen LogP contribution in [0.25, 0.3) is 0 Å². The number of nitrogens with zero attached hydrogens (tertiary/aromatic N) is 1. The molecule has 0 aliphatic carbocycles. The largest absolute Gasteiger partial charge is 0.342 e. The summed E-state index contributed by atoms with van der Waals surface area (Å²) in [6, 6.07) is 8.45. The molecule has 5 nitrogen and oxygen atoms in total. The number of nitrogens with one attached hydrogen (secondary N) is 1. The van der Waals surface area contributed by atoms with Gasteiger partial charge >= 0.3 is 0 Å². The first-order valence-corrected chi connectivity index (χ1v) is 14.3. The molecule has 1 N–H and O–H groups in total. The van der Waals surface area contributed by atoms with Crippen LogP contribution >= 0.6 is 0 Å². The normalized spacial score (nSPS) is 19.0. The zero-order chi connectivity index (χ0) is 18.7. The van der Waals surface area contributed by atoms with E-state index in [9.17, 15) is 13.2 Å². The van der Waals surface area contributed by atoms with E-state index in [1.165, 1.54) is 11.4 Å². The van der Waals surface area contributed by atoms with Gasteiger partial charge in [-0.25, -0.2) is 13.1 Å². The van der Waals surface area contributed by atoms with Crippen LogP contribution in [-0.2, 0) is 21.2 Å². The molecule has 7 heteroatoms. The van der Waals surface area contributed by atoms with Crippen molar-refractivity contribution in [3.63, 3.8) is 0 Å². The zero-order valence-electron chi connectivity index (χ0n) is 15.7. The average Bonchev–Trinajstić information content (AvgIpc) is 2.52. The molecule has 0 spiro atoms. The van der Waals surface area contributed by atoms with Gasteiger partial charge in [-0.05, 0) is 24.3 Å². The van der Waals surface area contributed by atoms with Gasteiger partial charge in [-0.15, -0.1) is 0 Å². The van der Waals surface area contributed by atoms with Crippen molar-refractivity contribution < 1.29 is 13.2 Å². The van der Waals surface area contributed by atoms with E-state index in [1.54, 1.807) is 0 Å². The molecule has 1 saturated heterocycles. The van der Waals surface area contributed by atoms with Gasteiger partial charge in [-0.3, -0.25) is 4.79 Å². The quantitative estimate of drug-likeness (QED) is 0.760. The van der Waals surface area contributed by atoms with Crippen molar-refractivity contribution >= 4 is 29.2 Å². The highest BCUT2D eigenvalue weighted by Gasteiger charge is 2.24. The van der Waals surface area contributed by atoms with Gasteiger partial charge in [-0.2, -0.15) is 0 Å². The Balaban J connectivity index is 1.91. The summed E-state index contributed by atoms with van der Waals surface area (Å²) >= 11 is 0. The van der Waals surface area contributed by atoms with E-state index in [2.05, 4.69) is 48.6 Å². The first kappa shape index (κ1) is 20.1. The lowest BCUT2D eigenvalue weighted by atomic mass is 9.97. The minimum atomic E-state index is -3.18. The second kappa shape index (κ2) is 8.01. The van der Waals surface area contributed by atoms with Crippen molar-refractivity contribution in [1.29, 1.82) is 0 Å². The zero-order valence-corrected chi connectivity index (χ0v) is 17.5. The van der Waals surface area contributed by atoms with Crippen molar-refractivity contribution in [2.24, 2.45) is 5.92 Å². The topological polar surface area (TPSA) is 66.5 Å². The number of rotatable bonds is 6. The molecule has 1 aromatic carbocycles. The Bertz CT molecular complexity index is 696. The Hall–Kier alpha value is -1.18. The Morgan fingerprint density at radius 2 is 1.88 bits per heavy atom. The van der Waals surface area contributed by atoms with Crippen LogP contribution in [0, 0.1) is 5.92 Å². The molecule has 1 aliphatic rings. The monoisotopic (exact) mass is 382 g/mol. The first-order chi connectivity index (χ1) is 11.5. The van der Waals surface area contributed by atoms with Gasteiger partial charge in [0.1, 0.15) is 0 Å². The second-order valence-corrected chi connectivity index (χ2v) is 15.0. The molecule has 1 amide bonds. The van der Waals surface area contributed by atoms with Crippen LogP contribution in [0.3, 0.4) is 0 Å². The number of amides is 1. The highest BCUT2D eigenvalue weighted by molar-refractivity contribution is 7.88. The van der Waals surface area contributed by atoms with Gasteiger partial charge in [0.25, 0.3) is 0 Å². The number of sulfonamides is 1. The van der Waals surface area contributed by atoms with Gasteiger partial charge < -0.3 is 4.90 Å². The Kier molecular flexibility index (Phi) is 6.45. The number of carbonyl (C=O) groups excluding carboxylic acids is 1. The standard InChI is InChI=1S/C18H30N2O3SSi/c1-24(22,23)19-13-16-6-5-11-20(14-16)18(21)12-15-7-9-17(10-8-15)25(2,3)4/h7-10,16,19H,5-6,11-14H2,1-4H3. The number of carbonyl (C=O) groups is 1. The number of hydrogen-bond acceptors (Lipinski definition) is 3. The summed E-state index contributed by atoms with van der Waals surface area (Å²) < 4.78 is 25.0. The van der Waals surface area contributed by atoms with Crippen LogP contribution in [0.1, 0.15) is 18.4 Å². The predicted molar refractivity (Wildman–Crippen MR) is 105 cm³/mol. The molecule has 1 unspecified atom stereocenters. The second-order valence-electron chi connectivity index (χ2n) is 8.09. The minimum Gasteiger partial charge on any atom is -0.342 e. The summed E-state index contributed by atoms with van der Waals surface area (Å²) in [5, 5.41) is 1.40. The molecule has 0 bridgehead atoms. The van der Waals surface area contributed by atoms with Crippen molar-refractivity contribution in [3.05, 3.63) is 29.8 Å². The fourth-order valence-electron chi connectivity index (χ4n) is 3.14. The van der Waals surface area contributed by atoms with E-state index in [1.807, 2.05) is 4.90 Å². The summed E-state index contributed by atoms with van der Waals surface area (Å²) in [7, 11) is -4.49. The third kappa shape index (κ3) is 6.56. The Labute approximate surface area is 152 Å². The fourth-order valence-corrected chi connectivity index (χ4v) is 4.84. The average molecular weight is 383 g/mol. The summed E-state index contributed by atoms with van der Waals surface area (Å²) in [6.45, 7) is 8.74. The molecule has 1 fully saturated rings. The molecule has 1 atom stereocenters. The molecule has 0 aromatic heterocycles. The summed E-state index contributed by atoms with van der Waals surface area (Å²) in [4.78, 5) is 14.5. The third-order valence-corrected chi connectivity index (χ3v) is 7.44. The van der Waals surface area contributed by atoms with Crippen molar-refractivity contribution in [1.82, 2.24) is 9.62 Å². The van der Waals surface area contributed by atoms with Crippen LogP contribution in [0.5, 0.6) is 0 Å². The van der Waals surface area contributed by atoms with Crippen molar-refractivity contribution in [2.45, 2.75) is 38.9 Å². The Morgan fingerprint density at radius 3 is 2.44 bits per heavy atom. The lowest BCUT2D eigenvalue weighted by Crippen LogP contribution is -2.44. The molecule has 1 heterocycles. The molecule has 25 heavy (non-hydrogen) atoms. The third-order valence-electron chi connectivity index (χ3n) is 4.68. The molecule has 0 radical (unpaired) electrons. The number of likely N-dealkylation sites (tertiary alicyclic amines) is 1. The minimum absolute atomic E-state index is 0.129. The molecule has 1 aliphatic heterocycles. The van der Waals surface area contributed by atoms with Crippen molar-refractivity contribution in [3.8, 4) is 0 Å². The van der Waals surface area contributed by atoms with E-state index >= 15 is 0 Å². The number of benzene rings is 1. The van der Waals surface area contributed by atoms with Gasteiger partial charge in [0.05, 0.1) is 20.8 Å². The lowest BCUT2D eigenvalue weighted by molar-refractivity contribution is -0.132. The molecule has 0 saturated carbocycles. The summed E-state index contributed by atoms with van der Waals surface area (Å²) in [5.41, 5.74) is 1.04. The maximum absolute atomic E-state index is 12.6. The first-order valence-electron chi connectivity index (χ1n) is 8.86. The Morgan fingerprint density at radius 1 is 1.24 bits per heavy atom. The smallest absolute Gasteiger partial charge is 0.226 e. The molecule has 1 aromatic rings. The summed E-state index contributed by atoms with van der Waals surface area (Å²) in [6.07, 6.45) is 3.47. The van der Waals surface area contributed by atoms with Crippen LogP contribution in [-0.4, -0.2) is 53.2 Å². The van der Waals surface area contributed by atoms with Gasteiger partial charge in [0.15, 0.2) is 0 Å². The lowest BCUT2D eigenvalue weighted by Gasteiger charge is -2.33. The number of piperidine rings is 1. The van der Waals surface area contributed by atoms with Gasteiger partial charge in [0, 0.05) is 19.6 Å². The highest BCUT2D eigenvalue weighted by atomic mass is 32.2. The maximum Gasteiger partial charge on any atom is 0.226 e. The SMILES string of the molecule is C[Si](C)(C)c1ccc(CC(=O)N2CCCC(CNS(C)(=O)=O)C2)cc1. The molecule has 140 valence electrons. The van der Waals surface area contributed by atoms with E-state index in [0.717, 1.165) is 24.9 Å². The van der Waals surface area contributed by atoms with Crippen LogP contribution in [0.15, 0.2) is 24.3 Å². The fraction of sp³-hybridized carbons (Fsp3) is 0.611. The van der Waals surface area contributed by atoms with Gasteiger partial charge in [0.2, 0.25) is 15.9 Å². The van der Waals surface area contributed by atoms with Crippen LogP contribution in [0.2, 0.25) is 19.6 Å². The number of hydrogen-bond donors (Lipinski definition) is 1. The van der Waals surface area contributed by atoms with Gasteiger partial charge in [-0.1, -0.05) is 49.1 Å². The van der Waals surface area contributed by atoms with Crippen LogP contribution in [0.4, 0.5) is 0 Å². The van der Waals surface area contributed by atoms with E-state index < -0.39 is 18.1 Å². The van der Waals surface area contributed by atoms with Crippen molar-refractivity contribution in [2.75, 3.05) is 25.9 Å². The highest BCUT2D eigenvalue weighted by Crippen LogP contribution is 2.17. The molecular formula is C18H30N2O3SSi. The van der Waals surface area contributed by atoms with E-state index in [0.29, 0.717) is 19.5 Å².